The molecule has 0 bridgehead atoms. The van der Waals surface area contributed by atoms with Gasteiger partial charge in [0.05, 0.1) is 95.9 Å². The molecule has 0 aliphatic carbocycles. The fraction of sp³-hybridized carbons (Fsp3) is 0.981. The third kappa shape index (κ3) is 48.3. The third-order valence-corrected chi connectivity index (χ3v) is 39.0. The van der Waals surface area contributed by atoms with Crippen LogP contribution in [-0.2, 0) is 107 Å². The van der Waals surface area contributed by atoms with Gasteiger partial charge >= 0.3 is 46.8 Å². The van der Waals surface area contributed by atoms with E-state index >= 15 is 9.13 Å². The molecule has 540 valence electrons. The van der Waals surface area contributed by atoms with E-state index in [0.29, 0.717) is 24.6 Å². The molecule has 8 atom stereocenters. The molecule has 0 aromatic carbocycles. The molecule has 1 N–H and O–H groups in total. The molecule has 0 saturated carbocycles. The molecule has 0 radical (unpaired) electrons. The van der Waals surface area contributed by atoms with E-state index in [-0.39, 0.29) is 127 Å². The summed E-state index contributed by atoms with van der Waals surface area (Å²) >= 11 is 12.2. The first-order valence-corrected chi connectivity index (χ1v) is 53.6. The van der Waals surface area contributed by atoms with Crippen molar-refractivity contribution in [2.75, 3.05) is 93.1 Å². The molecule has 37 heteroatoms. The lowest BCUT2D eigenvalue weighted by molar-refractivity contribution is -0.136. The summed E-state index contributed by atoms with van der Waals surface area (Å²) in [6.07, 6.45) is -5.76. The van der Waals surface area contributed by atoms with E-state index in [0.717, 1.165) is 56.9 Å². The van der Waals surface area contributed by atoms with Gasteiger partial charge in [-0.15, -0.1) is 0 Å². The highest BCUT2D eigenvalue weighted by Crippen LogP contribution is 2.70. The van der Waals surface area contributed by atoms with Crippen molar-refractivity contribution in [3.63, 3.8) is 0 Å². The van der Waals surface area contributed by atoms with Gasteiger partial charge in [0.2, 0.25) is 5.69 Å². The molecule has 8 unspecified atom stereocenters. The van der Waals surface area contributed by atoms with Crippen LogP contribution in [0.1, 0.15) is 159 Å². The second kappa shape index (κ2) is 47.6. The van der Waals surface area contributed by atoms with Gasteiger partial charge in [0.25, 0.3) is 0 Å². The van der Waals surface area contributed by atoms with Gasteiger partial charge in [-0.25, -0.2) is 27.4 Å². The fourth-order valence-corrected chi connectivity index (χ4v) is 33.7. The fourth-order valence-electron chi connectivity index (χ4n) is 5.55. The standard InChI is InChI=1S/C53H113O22P7S8/c1-39(2)25-62-76(56,63-26-40(3)4)85-33-47(17)72-80(60,73-48(18)34-86-77(57,64-27-41(5)6)65-28-42(7)8)88-36-50(20)70-79(59,84-24-23-53(54)55)71-51(21)37-89-81(61,74-49(19)35-87-78(58,66-29-43(9)10)67-30-44(11)12)75-52(22)38-90-82(83,68-31-45(13)14)69-32-46(15)16/h39-52H,23-38H2,1-22H3,(H,54,55). The Morgan fingerprint density at radius 3 is 0.678 bits per heavy atom. The topological polar surface area (TPSA) is 269 Å². The summed E-state index contributed by atoms with van der Waals surface area (Å²) in [4.78, 5) is 11.8. The van der Waals surface area contributed by atoms with Gasteiger partial charge in [-0.2, -0.15) is 0 Å². The lowest BCUT2D eigenvalue weighted by atomic mass is 10.2. The Morgan fingerprint density at radius 2 is 0.478 bits per heavy atom. The molecule has 22 nitrogen and oxygen atoms in total. The number of carbonyl (C=O) groups is 1. The molecule has 0 aromatic rings. The van der Waals surface area contributed by atoms with Gasteiger partial charge in [-0.1, -0.05) is 122 Å². The van der Waals surface area contributed by atoms with E-state index in [1.807, 2.05) is 111 Å². The Balaban J connectivity index is 7.08. The Hall–Kier alpha value is 3.39. The highest BCUT2D eigenvalue weighted by Gasteiger charge is 2.40. The molecule has 0 heterocycles. The van der Waals surface area contributed by atoms with Crippen molar-refractivity contribution in [2.45, 2.75) is 195 Å². The van der Waals surface area contributed by atoms with Gasteiger partial charge in [0.15, 0.2) is 0 Å². The Morgan fingerprint density at radius 1 is 0.300 bits per heavy atom. The summed E-state index contributed by atoms with van der Waals surface area (Å²) in [5.41, 5.74) is -2.88. The van der Waals surface area contributed by atoms with Crippen molar-refractivity contribution < 1.29 is 101 Å². The summed E-state index contributed by atoms with van der Waals surface area (Å²) in [5.74, 6) is -0.668. The molecule has 0 amide bonds. The van der Waals surface area contributed by atoms with E-state index in [1.54, 1.807) is 41.5 Å². The van der Waals surface area contributed by atoms with Crippen LogP contribution in [0.5, 0.6) is 0 Å². The summed E-state index contributed by atoms with van der Waals surface area (Å²) < 4.78 is 171. The number of aliphatic carboxylic acids is 1. The van der Waals surface area contributed by atoms with Gasteiger partial charge in [0, 0.05) is 40.3 Å². The predicted molar refractivity (Wildman–Crippen MR) is 389 cm³/mol. The Labute approximate surface area is 575 Å². The summed E-state index contributed by atoms with van der Waals surface area (Å²) in [7, 11) is 0. The minimum Gasteiger partial charge on any atom is -0.481 e. The first-order valence-electron chi connectivity index (χ1n) is 30.6. The van der Waals surface area contributed by atoms with Gasteiger partial charge < -0.3 is 41.3 Å². The smallest absolute Gasteiger partial charge is 0.389 e. The van der Waals surface area contributed by atoms with E-state index in [2.05, 4.69) is 0 Å². The second-order valence-corrected chi connectivity index (χ2v) is 55.8. The minimum atomic E-state index is -4.33. The monoisotopic (exact) mass is 1570 g/mol. The zero-order chi connectivity index (χ0) is 69.3. The molecule has 0 aliphatic heterocycles. The van der Waals surface area contributed by atoms with Gasteiger partial charge in [0.1, 0.15) is 0 Å². The van der Waals surface area contributed by atoms with Crippen LogP contribution >= 0.6 is 126 Å². The number of hydrogen-bond donors (Lipinski definition) is 1. The molecular formula is C53H113O22P7S8. The van der Waals surface area contributed by atoms with Crippen molar-refractivity contribution in [1.82, 2.24) is 0 Å². The largest absolute Gasteiger partial charge is 0.481 e. The number of rotatable bonds is 58. The van der Waals surface area contributed by atoms with Crippen molar-refractivity contribution in [3.8, 4) is 0 Å². The highest BCUT2D eigenvalue weighted by atomic mass is 32.9. The maximum atomic E-state index is 15.1. The van der Waals surface area contributed by atoms with Crippen molar-refractivity contribution >= 4 is 144 Å². The normalized spacial score (nSPS) is 17.4. The summed E-state index contributed by atoms with van der Waals surface area (Å²) in [6.45, 7) is 18.8. The van der Waals surface area contributed by atoms with Gasteiger partial charge in [-0.05, 0) is 169 Å². The van der Waals surface area contributed by atoms with Gasteiger partial charge in [-0.3, -0.25) is 31.9 Å². The highest BCUT2D eigenvalue weighted by molar-refractivity contribution is 8.68. The van der Waals surface area contributed by atoms with E-state index in [9.17, 15) is 28.2 Å². The lowest BCUT2D eigenvalue weighted by Gasteiger charge is -2.29. The average molecular weight is 1580 g/mol. The molecule has 0 fully saturated rings. The van der Waals surface area contributed by atoms with E-state index in [1.165, 1.54) is 11.4 Å². The quantitative estimate of drug-likeness (QED) is 0.0554. The maximum absolute atomic E-state index is 15.1. The first-order chi connectivity index (χ1) is 41.4. The summed E-state index contributed by atoms with van der Waals surface area (Å²) in [6, 6.07) is 0. The van der Waals surface area contributed by atoms with E-state index in [4.69, 9.17) is 75.1 Å². The third-order valence-electron chi connectivity index (χ3n) is 9.75. The first kappa shape index (κ1) is 93.4. The predicted octanol–water partition coefficient (Wildman–Crippen LogP) is 21.3. The molecule has 0 aromatic heterocycles. The minimum absolute atomic E-state index is 0.00986. The second-order valence-electron chi connectivity index (χ2n) is 24.9. The molecule has 0 rings (SSSR count). The van der Waals surface area contributed by atoms with Crippen LogP contribution < -0.4 is 0 Å². The molecule has 90 heavy (non-hydrogen) atoms. The average Bonchev–Trinajstić information content (AvgIpc) is 1.05. The van der Waals surface area contributed by atoms with Crippen molar-refractivity contribution in [3.05, 3.63) is 0 Å². The summed E-state index contributed by atoms with van der Waals surface area (Å²) in [5, 5.41) is 9.61. The van der Waals surface area contributed by atoms with Crippen LogP contribution in [0.2, 0.25) is 0 Å². The number of carboxylic acids is 1. The Kier molecular flexibility index (Phi) is 49.3. The molecule has 0 spiro atoms. The van der Waals surface area contributed by atoms with Crippen LogP contribution in [0.4, 0.5) is 0 Å². The van der Waals surface area contributed by atoms with Crippen LogP contribution in [0.3, 0.4) is 0 Å². The number of carboxylic acid groups (broad SMARTS) is 1. The van der Waals surface area contributed by atoms with Crippen LogP contribution in [0.15, 0.2) is 0 Å². The van der Waals surface area contributed by atoms with Crippen molar-refractivity contribution in [1.29, 1.82) is 0 Å². The Bertz CT molecular complexity index is 2010. The molecular weight excluding hydrogens is 1460 g/mol. The van der Waals surface area contributed by atoms with Crippen molar-refractivity contribution in [2.24, 2.45) is 47.3 Å². The van der Waals surface area contributed by atoms with Crippen LogP contribution in [0.25, 0.3) is 0 Å². The molecule has 0 saturated heterocycles. The maximum Gasteiger partial charge on any atom is 0.389 e. The van der Waals surface area contributed by atoms with Crippen LogP contribution in [-0.4, -0.2) is 141 Å². The zero-order valence-corrected chi connectivity index (χ0v) is 70.1. The zero-order valence-electron chi connectivity index (χ0n) is 57.3. The lowest BCUT2D eigenvalue weighted by Crippen LogP contribution is -2.18. The SMILES string of the molecule is CC(C)COP(=O)(OCC(C)C)SCC(C)OP(=O)(OC(C)CSP(=O)(OCC(C)C)OCC(C)C)SCC(C)OP(=O)(OC(C)CSP(=O)(OC(C)CSP(=O)(OCC(C)C)OCC(C)C)OC(C)CSP(=S)(OCC(C)C)OCC(C)C)SCCC(=O)O. The van der Waals surface area contributed by atoms with E-state index < -0.39 is 95.5 Å². The molecule has 0 aliphatic rings. The van der Waals surface area contributed by atoms with Crippen LogP contribution in [0, 0.1) is 47.3 Å². The number of hydrogen-bond acceptors (Lipinski definition) is 29.